The molecule has 0 spiro atoms. The van der Waals surface area contributed by atoms with E-state index in [-0.39, 0.29) is 18.0 Å². The molecule has 1 atom stereocenters. The van der Waals surface area contributed by atoms with Crippen LogP contribution >= 0.6 is 0 Å². The molecule has 8 heteroatoms. The summed E-state index contributed by atoms with van der Waals surface area (Å²) in [6, 6.07) is 16.0. The van der Waals surface area contributed by atoms with Gasteiger partial charge in [-0.05, 0) is 54.8 Å². The number of nitrogens with zero attached hydrogens (tertiary/aromatic N) is 3. The van der Waals surface area contributed by atoms with Gasteiger partial charge in [0.25, 0.3) is 5.91 Å². The molecule has 3 amide bonds. The highest BCUT2D eigenvalue weighted by Crippen LogP contribution is 2.17. The first-order chi connectivity index (χ1) is 16.2. The molecule has 0 aliphatic carbocycles. The molecule has 0 saturated carbocycles. The zero-order chi connectivity index (χ0) is 22.9. The van der Waals surface area contributed by atoms with Gasteiger partial charge in [-0.3, -0.25) is 14.8 Å². The zero-order valence-electron chi connectivity index (χ0n) is 18.3. The smallest absolute Gasteiger partial charge is 0.322 e. The van der Waals surface area contributed by atoms with Crippen LogP contribution in [0.1, 0.15) is 34.5 Å². The van der Waals surface area contributed by atoms with Crippen molar-refractivity contribution in [1.82, 2.24) is 20.2 Å². The van der Waals surface area contributed by atoms with Crippen molar-refractivity contribution in [3.05, 3.63) is 90.0 Å². The number of carbonyl (C=O) groups excluding carboxylic acids is 2. The van der Waals surface area contributed by atoms with E-state index in [9.17, 15) is 9.59 Å². The molecule has 0 unspecified atom stereocenters. The summed E-state index contributed by atoms with van der Waals surface area (Å²) >= 11 is 0. The maximum absolute atomic E-state index is 13.1. The third kappa shape index (κ3) is 6.60. The van der Waals surface area contributed by atoms with Gasteiger partial charge < -0.3 is 20.3 Å². The lowest BCUT2D eigenvalue weighted by molar-refractivity contribution is 0.0819. The molecule has 170 valence electrons. The summed E-state index contributed by atoms with van der Waals surface area (Å²) in [6.07, 6.45) is 7.11. The number of carbonyl (C=O) groups is 2. The van der Waals surface area contributed by atoms with Crippen LogP contribution in [-0.4, -0.2) is 46.1 Å². The molecule has 33 heavy (non-hydrogen) atoms. The predicted molar refractivity (Wildman–Crippen MR) is 124 cm³/mol. The van der Waals surface area contributed by atoms with Crippen molar-refractivity contribution in [2.75, 3.05) is 18.5 Å². The molecule has 4 rings (SSSR count). The van der Waals surface area contributed by atoms with Gasteiger partial charge in [0, 0.05) is 49.5 Å². The van der Waals surface area contributed by atoms with E-state index in [0.29, 0.717) is 30.9 Å². The summed E-state index contributed by atoms with van der Waals surface area (Å²) in [5, 5.41) is 5.78. The largest absolute Gasteiger partial charge is 0.376 e. The van der Waals surface area contributed by atoms with Crippen LogP contribution in [0, 0.1) is 0 Å². The Morgan fingerprint density at radius 3 is 2.79 bits per heavy atom. The van der Waals surface area contributed by atoms with Crippen molar-refractivity contribution in [3.8, 4) is 0 Å². The Morgan fingerprint density at radius 2 is 2.03 bits per heavy atom. The quantitative estimate of drug-likeness (QED) is 0.552. The minimum absolute atomic E-state index is 0.0242. The number of hydrogen-bond donors (Lipinski definition) is 2. The highest BCUT2D eigenvalue weighted by atomic mass is 16.5. The van der Waals surface area contributed by atoms with E-state index in [0.717, 1.165) is 30.7 Å². The van der Waals surface area contributed by atoms with Crippen molar-refractivity contribution in [2.24, 2.45) is 0 Å². The maximum Gasteiger partial charge on any atom is 0.322 e. The van der Waals surface area contributed by atoms with Gasteiger partial charge in [0.1, 0.15) is 0 Å². The van der Waals surface area contributed by atoms with Gasteiger partial charge in [-0.1, -0.05) is 18.2 Å². The van der Waals surface area contributed by atoms with Crippen LogP contribution in [0.5, 0.6) is 0 Å². The Bertz CT molecular complexity index is 1060. The van der Waals surface area contributed by atoms with Gasteiger partial charge in [0.05, 0.1) is 18.3 Å². The average molecular weight is 446 g/mol. The van der Waals surface area contributed by atoms with Crippen molar-refractivity contribution in [3.63, 3.8) is 0 Å². The van der Waals surface area contributed by atoms with Crippen LogP contribution in [0.15, 0.2) is 73.2 Å². The summed E-state index contributed by atoms with van der Waals surface area (Å²) in [4.78, 5) is 35.8. The van der Waals surface area contributed by atoms with Crippen LogP contribution in [0.3, 0.4) is 0 Å². The second kappa shape index (κ2) is 11.2. The zero-order valence-corrected chi connectivity index (χ0v) is 18.3. The molecule has 1 fully saturated rings. The second-order valence-corrected chi connectivity index (χ2v) is 7.89. The minimum atomic E-state index is -0.250. The summed E-state index contributed by atoms with van der Waals surface area (Å²) < 4.78 is 5.74. The molecule has 8 nitrogen and oxygen atoms in total. The van der Waals surface area contributed by atoms with E-state index in [1.165, 1.54) is 0 Å². The van der Waals surface area contributed by atoms with Crippen molar-refractivity contribution in [1.29, 1.82) is 0 Å². The number of ether oxygens (including phenoxy) is 1. The van der Waals surface area contributed by atoms with Crippen LogP contribution in [0.25, 0.3) is 0 Å². The van der Waals surface area contributed by atoms with Gasteiger partial charge in [-0.25, -0.2) is 4.79 Å². The van der Waals surface area contributed by atoms with E-state index in [1.54, 1.807) is 47.8 Å². The molecule has 0 bridgehead atoms. The molecule has 3 heterocycles. The summed E-state index contributed by atoms with van der Waals surface area (Å²) in [5.74, 6) is -0.233. The Balaban J connectivity index is 1.40. The highest BCUT2D eigenvalue weighted by Gasteiger charge is 2.23. The lowest BCUT2D eigenvalue weighted by Gasteiger charge is -2.26. The number of hydrogen-bond acceptors (Lipinski definition) is 5. The lowest BCUT2D eigenvalue weighted by atomic mass is 10.2. The Morgan fingerprint density at radius 1 is 1.09 bits per heavy atom. The molecule has 1 aliphatic rings. The van der Waals surface area contributed by atoms with Crippen LogP contribution in [0.4, 0.5) is 10.5 Å². The molecule has 1 aliphatic heterocycles. The average Bonchev–Trinajstić information content (AvgIpc) is 3.37. The number of rotatable bonds is 8. The summed E-state index contributed by atoms with van der Waals surface area (Å²) in [5.41, 5.74) is 2.72. The SMILES string of the molecule is O=C(NCc1ccccn1)c1cccc(NC(=O)N(Cc2cccnc2)C[C@H]2CCCO2)c1. The standard InChI is InChI=1S/C25H27N5O3/c31-24(28-16-22-8-1-2-12-27-22)20-7-3-9-21(14-20)29-25(32)30(18-23-10-5-13-33-23)17-19-6-4-11-26-15-19/h1-4,6-9,11-12,14-15,23H,5,10,13,16-18H2,(H,28,31)(H,29,32)/t23-/m1/s1. The fourth-order valence-corrected chi connectivity index (χ4v) is 3.68. The van der Waals surface area contributed by atoms with E-state index in [4.69, 9.17) is 4.74 Å². The second-order valence-electron chi connectivity index (χ2n) is 7.89. The number of urea groups is 1. The summed E-state index contributed by atoms with van der Waals surface area (Å²) in [7, 11) is 0. The van der Waals surface area contributed by atoms with Crippen LogP contribution in [0.2, 0.25) is 0 Å². The molecule has 1 saturated heterocycles. The van der Waals surface area contributed by atoms with E-state index >= 15 is 0 Å². The van der Waals surface area contributed by atoms with Gasteiger partial charge in [-0.15, -0.1) is 0 Å². The molecule has 2 N–H and O–H groups in total. The van der Waals surface area contributed by atoms with Crippen LogP contribution in [-0.2, 0) is 17.8 Å². The highest BCUT2D eigenvalue weighted by molar-refractivity contribution is 5.96. The molecule has 1 aromatic carbocycles. The Labute approximate surface area is 193 Å². The molecular formula is C25H27N5O3. The monoisotopic (exact) mass is 445 g/mol. The Kier molecular flexibility index (Phi) is 7.60. The first-order valence-corrected chi connectivity index (χ1v) is 11.0. The topological polar surface area (TPSA) is 96.5 Å². The molecule has 2 aromatic heterocycles. The van der Waals surface area contributed by atoms with Gasteiger partial charge in [-0.2, -0.15) is 0 Å². The number of anilines is 1. The number of benzene rings is 1. The van der Waals surface area contributed by atoms with E-state index in [1.807, 2.05) is 30.3 Å². The van der Waals surface area contributed by atoms with Crippen molar-refractivity contribution < 1.29 is 14.3 Å². The van der Waals surface area contributed by atoms with Crippen molar-refractivity contribution >= 4 is 17.6 Å². The Hall–Kier alpha value is -3.78. The number of nitrogens with one attached hydrogen (secondary N) is 2. The number of aromatic nitrogens is 2. The molecule has 3 aromatic rings. The van der Waals surface area contributed by atoms with Gasteiger partial charge in [0.2, 0.25) is 0 Å². The lowest BCUT2D eigenvalue weighted by Crippen LogP contribution is -2.39. The number of pyridine rings is 2. The third-order valence-corrected chi connectivity index (χ3v) is 5.36. The third-order valence-electron chi connectivity index (χ3n) is 5.36. The van der Waals surface area contributed by atoms with Gasteiger partial charge >= 0.3 is 6.03 Å². The summed E-state index contributed by atoms with van der Waals surface area (Å²) in [6.45, 7) is 1.97. The fraction of sp³-hybridized carbons (Fsp3) is 0.280. The van der Waals surface area contributed by atoms with Crippen LogP contribution < -0.4 is 10.6 Å². The fourth-order valence-electron chi connectivity index (χ4n) is 3.68. The van der Waals surface area contributed by atoms with E-state index in [2.05, 4.69) is 20.6 Å². The normalized spacial score (nSPS) is 15.1. The first-order valence-electron chi connectivity index (χ1n) is 11.0. The van der Waals surface area contributed by atoms with Crippen molar-refractivity contribution in [2.45, 2.75) is 32.0 Å². The molecule has 0 radical (unpaired) electrons. The number of amides is 3. The van der Waals surface area contributed by atoms with Gasteiger partial charge in [0.15, 0.2) is 0 Å². The first kappa shape index (κ1) is 22.4. The van der Waals surface area contributed by atoms with E-state index < -0.39 is 0 Å². The molecular weight excluding hydrogens is 418 g/mol. The predicted octanol–water partition coefficient (Wildman–Crippen LogP) is 3.62. The minimum Gasteiger partial charge on any atom is -0.376 e. The maximum atomic E-state index is 13.1.